The maximum Gasteiger partial charge on any atom is 0.228 e. The lowest BCUT2D eigenvalue weighted by molar-refractivity contribution is 0.0910. The van der Waals surface area contributed by atoms with Crippen LogP contribution in [-0.4, -0.2) is 29.9 Å². The van der Waals surface area contributed by atoms with Crippen molar-refractivity contribution in [3.8, 4) is 11.5 Å². The molecule has 1 N–H and O–H groups in total. The SMILES string of the molecule is C=C1CCCC(C)(C)C1CC[C@@]1(C)c2c(O)cc3c(c2O[C@@H]1CC)C(=O)C=C(OC)C3=O. The first-order valence-electron chi connectivity index (χ1n) is 11.6. The molecule has 5 nitrogen and oxygen atoms in total. The molecule has 32 heavy (non-hydrogen) atoms. The highest BCUT2D eigenvalue weighted by Crippen LogP contribution is 2.56. The number of aromatic hydroxyl groups is 1. The number of benzene rings is 1. The van der Waals surface area contributed by atoms with Crippen molar-refractivity contribution >= 4 is 11.6 Å². The Hall–Kier alpha value is -2.56. The predicted molar refractivity (Wildman–Crippen MR) is 123 cm³/mol. The second kappa shape index (κ2) is 7.79. The zero-order chi connectivity index (χ0) is 23.4. The van der Waals surface area contributed by atoms with Gasteiger partial charge in [-0.1, -0.05) is 39.8 Å². The van der Waals surface area contributed by atoms with E-state index < -0.39 is 11.2 Å². The number of carbonyl (C=O) groups is 2. The van der Waals surface area contributed by atoms with Crippen LogP contribution in [0.3, 0.4) is 0 Å². The molecule has 3 aliphatic rings. The van der Waals surface area contributed by atoms with Crippen molar-refractivity contribution in [2.45, 2.75) is 77.7 Å². The number of allylic oxidation sites excluding steroid dienone is 3. The van der Waals surface area contributed by atoms with E-state index in [1.54, 1.807) is 0 Å². The Labute approximate surface area is 190 Å². The number of phenolic OH excluding ortho intramolecular Hbond substituents is 1. The van der Waals surface area contributed by atoms with Gasteiger partial charge in [0.05, 0.1) is 12.7 Å². The van der Waals surface area contributed by atoms with Gasteiger partial charge in [0.1, 0.15) is 17.6 Å². The van der Waals surface area contributed by atoms with Gasteiger partial charge in [-0.3, -0.25) is 9.59 Å². The summed E-state index contributed by atoms with van der Waals surface area (Å²) in [6.07, 6.45) is 6.94. The molecule has 1 heterocycles. The van der Waals surface area contributed by atoms with Crippen molar-refractivity contribution in [3.05, 3.63) is 46.7 Å². The first kappa shape index (κ1) is 22.6. The number of carbonyl (C=O) groups excluding carboxylic acids is 2. The first-order chi connectivity index (χ1) is 15.0. The number of ketones is 2. The summed E-state index contributed by atoms with van der Waals surface area (Å²) >= 11 is 0. The highest BCUT2D eigenvalue weighted by molar-refractivity contribution is 6.25. The Morgan fingerprint density at radius 2 is 2.00 bits per heavy atom. The van der Waals surface area contributed by atoms with E-state index in [4.69, 9.17) is 9.47 Å². The summed E-state index contributed by atoms with van der Waals surface area (Å²) < 4.78 is 11.4. The Balaban J connectivity index is 1.76. The summed E-state index contributed by atoms with van der Waals surface area (Å²) in [7, 11) is 1.36. The molecular formula is C27H34O5. The van der Waals surface area contributed by atoms with Crippen LogP contribution in [0, 0.1) is 11.3 Å². The second-order valence-electron chi connectivity index (χ2n) is 10.5. The Morgan fingerprint density at radius 1 is 1.28 bits per heavy atom. The number of rotatable bonds is 5. The monoisotopic (exact) mass is 438 g/mol. The van der Waals surface area contributed by atoms with E-state index in [0.717, 1.165) is 25.7 Å². The van der Waals surface area contributed by atoms with Gasteiger partial charge < -0.3 is 14.6 Å². The molecular weight excluding hydrogens is 404 g/mol. The van der Waals surface area contributed by atoms with Crippen LogP contribution in [0.4, 0.5) is 0 Å². The molecule has 0 saturated heterocycles. The maximum absolute atomic E-state index is 12.9. The minimum atomic E-state index is -0.467. The molecule has 0 bridgehead atoms. The van der Waals surface area contributed by atoms with Gasteiger partial charge in [-0.25, -0.2) is 0 Å². The molecule has 3 atom stereocenters. The van der Waals surface area contributed by atoms with Crippen LogP contribution in [0.2, 0.25) is 0 Å². The van der Waals surface area contributed by atoms with Gasteiger partial charge in [0.15, 0.2) is 11.5 Å². The molecule has 1 unspecified atom stereocenters. The lowest BCUT2D eigenvalue weighted by Gasteiger charge is -2.42. The molecule has 0 spiro atoms. The topological polar surface area (TPSA) is 72.8 Å². The van der Waals surface area contributed by atoms with Gasteiger partial charge in [0.2, 0.25) is 5.78 Å². The van der Waals surface area contributed by atoms with E-state index in [1.165, 1.54) is 37.7 Å². The highest BCUT2D eigenvalue weighted by atomic mass is 16.5. The standard InChI is InChI=1S/C27H34O5/c1-7-21-27(5,12-10-17-15(2)9-8-11-26(17,3)4)23-19(29)13-16-22(25(23)32-21)18(28)14-20(31-6)24(16)30/h13-14,17,21,29H,2,7-12H2,1,3-6H3/t17?,21-,27-/m1/s1. The van der Waals surface area contributed by atoms with Crippen LogP contribution in [0.5, 0.6) is 11.5 Å². The summed E-state index contributed by atoms with van der Waals surface area (Å²) in [5.74, 6) is 0.0232. The molecule has 1 aliphatic heterocycles. The smallest absolute Gasteiger partial charge is 0.228 e. The first-order valence-corrected chi connectivity index (χ1v) is 11.6. The van der Waals surface area contributed by atoms with Crippen molar-refractivity contribution in [2.24, 2.45) is 11.3 Å². The fourth-order valence-electron chi connectivity index (χ4n) is 6.24. The molecule has 0 radical (unpaired) electrons. The largest absolute Gasteiger partial charge is 0.507 e. The number of hydrogen-bond donors (Lipinski definition) is 1. The number of phenols is 1. The van der Waals surface area contributed by atoms with Gasteiger partial charge in [-0.15, -0.1) is 0 Å². The summed E-state index contributed by atoms with van der Waals surface area (Å²) in [5, 5.41) is 11.1. The molecule has 0 amide bonds. The van der Waals surface area contributed by atoms with Crippen LogP contribution in [0.1, 0.15) is 92.5 Å². The molecule has 1 aromatic carbocycles. The van der Waals surface area contributed by atoms with E-state index in [9.17, 15) is 14.7 Å². The van der Waals surface area contributed by atoms with Crippen LogP contribution in [0.15, 0.2) is 30.1 Å². The number of fused-ring (bicyclic) bond motifs is 3. The fraction of sp³-hybridized carbons (Fsp3) is 0.556. The molecule has 1 fully saturated rings. The van der Waals surface area contributed by atoms with Crippen molar-refractivity contribution in [1.82, 2.24) is 0 Å². The minimum Gasteiger partial charge on any atom is -0.507 e. The van der Waals surface area contributed by atoms with Gasteiger partial charge >= 0.3 is 0 Å². The zero-order valence-electron chi connectivity index (χ0n) is 19.8. The van der Waals surface area contributed by atoms with Crippen molar-refractivity contribution in [1.29, 1.82) is 0 Å². The highest BCUT2D eigenvalue weighted by Gasteiger charge is 2.50. The Morgan fingerprint density at radius 3 is 2.62 bits per heavy atom. The van der Waals surface area contributed by atoms with Crippen molar-refractivity contribution in [3.63, 3.8) is 0 Å². The van der Waals surface area contributed by atoms with Gasteiger partial charge in [0, 0.05) is 22.6 Å². The van der Waals surface area contributed by atoms with Gasteiger partial charge in [-0.2, -0.15) is 0 Å². The fourth-order valence-corrected chi connectivity index (χ4v) is 6.24. The minimum absolute atomic E-state index is 0.0115. The molecule has 4 rings (SSSR count). The van der Waals surface area contributed by atoms with Crippen LogP contribution < -0.4 is 4.74 Å². The molecule has 2 aliphatic carbocycles. The number of hydrogen-bond acceptors (Lipinski definition) is 5. The molecule has 172 valence electrons. The molecule has 1 aromatic rings. The summed E-state index contributed by atoms with van der Waals surface area (Å²) in [6, 6.07) is 1.42. The molecule has 0 aromatic heterocycles. The van der Waals surface area contributed by atoms with Crippen LogP contribution in [-0.2, 0) is 10.2 Å². The second-order valence-corrected chi connectivity index (χ2v) is 10.5. The normalized spacial score (nSPS) is 28.7. The van der Waals surface area contributed by atoms with Crippen LogP contribution >= 0.6 is 0 Å². The van der Waals surface area contributed by atoms with E-state index in [1.807, 2.05) is 0 Å². The number of methoxy groups -OCH3 is 1. The Bertz CT molecular complexity index is 1030. The van der Waals surface area contributed by atoms with E-state index in [0.29, 0.717) is 17.2 Å². The maximum atomic E-state index is 12.9. The summed E-state index contributed by atoms with van der Waals surface area (Å²) in [5.41, 5.74) is 2.07. The summed E-state index contributed by atoms with van der Waals surface area (Å²) in [4.78, 5) is 25.7. The summed E-state index contributed by atoms with van der Waals surface area (Å²) in [6.45, 7) is 13.2. The third-order valence-electron chi connectivity index (χ3n) is 8.08. The lowest BCUT2D eigenvalue weighted by Crippen LogP contribution is -2.37. The van der Waals surface area contributed by atoms with Crippen LogP contribution in [0.25, 0.3) is 0 Å². The van der Waals surface area contributed by atoms with E-state index in [-0.39, 0.29) is 39.9 Å². The lowest BCUT2D eigenvalue weighted by atomic mass is 9.62. The predicted octanol–water partition coefficient (Wildman–Crippen LogP) is 5.89. The zero-order valence-corrected chi connectivity index (χ0v) is 19.8. The number of ether oxygens (including phenoxy) is 2. The van der Waals surface area contributed by atoms with Crippen molar-refractivity contribution in [2.75, 3.05) is 7.11 Å². The molecule has 1 saturated carbocycles. The quantitative estimate of drug-likeness (QED) is 0.580. The van der Waals surface area contributed by atoms with Crippen molar-refractivity contribution < 1.29 is 24.2 Å². The van der Waals surface area contributed by atoms with E-state index in [2.05, 4.69) is 34.3 Å². The Kier molecular flexibility index (Phi) is 5.51. The van der Waals surface area contributed by atoms with Gasteiger partial charge in [-0.05, 0) is 55.9 Å². The third-order valence-corrected chi connectivity index (χ3v) is 8.08. The van der Waals surface area contributed by atoms with Gasteiger partial charge in [0.25, 0.3) is 0 Å². The van der Waals surface area contributed by atoms with E-state index >= 15 is 0 Å². The number of Topliss-reactive ketones (excluding diaryl/α,β-unsaturated/α-hetero) is 1. The molecule has 5 heteroatoms. The average molecular weight is 439 g/mol. The average Bonchev–Trinajstić information content (AvgIpc) is 3.02. The third kappa shape index (κ3) is 3.28.